The summed E-state index contributed by atoms with van der Waals surface area (Å²) in [5.74, 6) is 0.378. The number of anilines is 1. The van der Waals surface area contributed by atoms with Crippen LogP contribution in [0.15, 0.2) is 30.3 Å². The topological polar surface area (TPSA) is 43.9 Å². The molecule has 0 N–H and O–H groups in total. The Kier molecular flexibility index (Phi) is 4.87. The van der Waals surface area contributed by atoms with Gasteiger partial charge in [0.15, 0.2) is 6.29 Å². The van der Waals surface area contributed by atoms with Crippen molar-refractivity contribution in [2.24, 2.45) is 5.92 Å². The molecular formula is C22H27N3O2. The summed E-state index contributed by atoms with van der Waals surface area (Å²) >= 11 is 0. The van der Waals surface area contributed by atoms with Crippen molar-refractivity contribution >= 4 is 28.7 Å². The van der Waals surface area contributed by atoms with E-state index in [1.54, 1.807) is 0 Å². The second-order valence-corrected chi connectivity index (χ2v) is 7.88. The number of piperazine rings is 1. The Morgan fingerprint density at radius 3 is 2.56 bits per heavy atom. The minimum absolute atomic E-state index is 0.0761. The third-order valence-corrected chi connectivity index (χ3v) is 6.10. The molecule has 2 heterocycles. The monoisotopic (exact) mass is 365 g/mol. The number of carbonyl (C=O) groups is 2. The number of fused-ring (bicyclic) bond motifs is 1. The first kappa shape index (κ1) is 18.0. The van der Waals surface area contributed by atoms with Crippen LogP contribution in [0.5, 0.6) is 0 Å². The molecule has 4 rings (SSSR count). The Hall–Kier alpha value is -2.40. The zero-order chi connectivity index (χ0) is 19.0. The van der Waals surface area contributed by atoms with Crippen molar-refractivity contribution in [2.45, 2.75) is 13.3 Å². The van der Waals surface area contributed by atoms with E-state index in [4.69, 9.17) is 0 Å². The van der Waals surface area contributed by atoms with Gasteiger partial charge in [0.05, 0.1) is 5.92 Å². The molecule has 2 aliphatic rings. The molecule has 5 heteroatoms. The van der Waals surface area contributed by atoms with Crippen molar-refractivity contribution in [2.75, 3.05) is 51.2 Å². The van der Waals surface area contributed by atoms with E-state index in [0.717, 1.165) is 79.6 Å². The van der Waals surface area contributed by atoms with Crippen molar-refractivity contribution in [1.82, 2.24) is 9.80 Å². The van der Waals surface area contributed by atoms with Gasteiger partial charge in [0, 0.05) is 50.5 Å². The van der Waals surface area contributed by atoms with Crippen LogP contribution < -0.4 is 4.90 Å². The Labute approximate surface area is 160 Å². The van der Waals surface area contributed by atoms with E-state index >= 15 is 0 Å². The normalized spacial score (nSPS) is 21.0. The Balaban J connectivity index is 1.52. The van der Waals surface area contributed by atoms with E-state index in [1.165, 1.54) is 0 Å². The molecule has 0 bridgehead atoms. The van der Waals surface area contributed by atoms with Crippen LogP contribution in [0.2, 0.25) is 0 Å². The number of aldehydes is 1. The summed E-state index contributed by atoms with van der Waals surface area (Å²) in [5, 5.41) is 2.08. The molecular weight excluding hydrogens is 338 g/mol. The second kappa shape index (κ2) is 7.31. The standard InChI is InChI=1S/C22H27N3O2/c1-16-3-4-17-5-6-19(13-20(17)21(16)15-26)25-8-7-18(14-25)22(27)24-11-9-23(2)10-12-24/h3-6,13,15,18H,7-12,14H2,1-2H3. The summed E-state index contributed by atoms with van der Waals surface area (Å²) < 4.78 is 0. The van der Waals surface area contributed by atoms with Crippen LogP contribution in [0.4, 0.5) is 5.69 Å². The van der Waals surface area contributed by atoms with E-state index in [0.29, 0.717) is 5.91 Å². The summed E-state index contributed by atoms with van der Waals surface area (Å²) in [4.78, 5) is 31.0. The molecule has 2 aromatic rings. The molecule has 0 aromatic heterocycles. The summed E-state index contributed by atoms with van der Waals surface area (Å²) in [6.07, 6.45) is 1.85. The number of hydrogen-bond acceptors (Lipinski definition) is 4. The largest absolute Gasteiger partial charge is 0.371 e. The van der Waals surface area contributed by atoms with E-state index < -0.39 is 0 Å². The molecule has 0 aliphatic carbocycles. The van der Waals surface area contributed by atoms with Gasteiger partial charge in [-0.15, -0.1) is 0 Å². The summed E-state index contributed by atoms with van der Waals surface area (Å²) in [6, 6.07) is 10.3. The molecule has 2 saturated heterocycles. The molecule has 2 aliphatic heterocycles. The molecule has 2 aromatic carbocycles. The fraction of sp³-hybridized carbons (Fsp3) is 0.455. The summed E-state index contributed by atoms with van der Waals surface area (Å²) in [5.41, 5.74) is 2.86. The lowest BCUT2D eigenvalue weighted by Gasteiger charge is -2.34. The first-order valence-electron chi connectivity index (χ1n) is 9.77. The van der Waals surface area contributed by atoms with Gasteiger partial charge >= 0.3 is 0 Å². The number of hydrogen-bond donors (Lipinski definition) is 0. The molecule has 0 radical (unpaired) electrons. The maximum absolute atomic E-state index is 12.9. The average Bonchev–Trinajstić information content (AvgIpc) is 3.18. The highest BCUT2D eigenvalue weighted by molar-refractivity contribution is 6.01. The van der Waals surface area contributed by atoms with Crippen LogP contribution in [0.25, 0.3) is 10.8 Å². The first-order chi connectivity index (χ1) is 13.1. The molecule has 0 saturated carbocycles. The van der Waals surface area contributed by atoms with Crippen molar-refractivity contribution in [1.29, 1.82) is 0 Å². The van der Waals surface area contributed by atoms with Gasteiger partial charge in [0.1, 0.15) is 0 Å². The Morgan fingerprint density at radius 1 is 1.07 bits per heavy atom. The van der Waals surface area contributed by atoms with Gasteiger partial charge in [0.25, 0.3) is 0 Å². The van der Waals surface area contributed by atoms with E-state index in [2.05, 4.69) is 41.1 Å². The molecule has 1 unspecified atom stereocenters. The molecule has 5 nitrogen and oxygen atoms in total. The lowest BCUT2D eigenvalue weighted by molar-refractivity contribution is -0.136. The maximum Gasteiger partial charge on any atom is 0.227 e. The zero-order valence-corrected chi connectivity index (χ0v) is 16.1. The van der Waals surface area contributed by atoms with Crippen LogP contribution in [0.3, 0.4) is 0 Å². The summed E-state index contributed by atoms with van der Waals surface area (Å²) in [7, 11) is 2.11. The van der Waals surface area contributed by atoms with Crippen LogP contribution in [-0.4, -0.2) is 68.3 Å². The van der Waals surface area contributed by atoms with Gasteiger partial charge in [-0.1, -0.05) is 18.2 Å². The molecule has 27 heavy (non-hydrogen) atoms. The predicted octanol–water partition coefficient (Wildman–Crippen LogP) is 2.56. The van der Waals surface area contributed by atoms with Crippen LogP contribution in [0.1, 0.15) is 22.3 Å². The highest BCUT2D eigenvalue weighted by Gasteiger charge is 2.32. The minimum Gasteiger partial charge on any atom is -0.371 e. The number of benzene rings is 2. The highest BCUT2D eigenvalue weighted by atomic mass is 16.2. The first-order valence-corrected chi connectivity index (χ1v) is 9.77. The molecule has 2 fully saturated rings. The minimum atomic E-state index is 0.0761. The fourth-order valence-electron chi connectivity index (χ4n) is 4.27. The average molecular weight is 365 g/mol. The van der Waals surface area contributed by atoms with Gasteiger partial charge in [-0.2, -0.15) is 0 Å². The van der Waals surface area contributed by atoms with Crippen molar-refractivity contribution in [3.8, 4) is 0 Å². The lowest BCUT2D eigenvalue weighted by atomic mass is 10.00. The SMILES string of the molecule is Cc1ccc2ccc(N3CCC(C(=O)N4CCN(C)CC4)C3)cc2c1C=O. The van der Waals surface area contributed by atoms with E-state index in [9.17, 15) is 9.59 Å². The van der Waals surface area contributed by atoms with Gasteiger partial charge in [-0.05, 0) is 48.9 Å². The third-order valence-electron chi connectivity index (χ3n) is 6.10. The number of carbonyl (C=O) groups excluding carboxylic acids is 2. The quantitative estimate of drug-likeness (QED) is 0.784. The molecule has 1 atom stereocenters. The maximum atomic E-state index is 12.9. The van der Waals surface area contributed by atoms with Crippen LogP contribution in [-0.2, 0) is 4.79 Å². The van der Waals surface area contributed by atoms with Crippen LogP contribution in [0, 0.1) is 12.8 Å². The molecule has 0 spiro atoms. The summed E-state index contributed by atoms with van der Waals surface area (Å²) in [6.45, 7) is 7.21. The van der Waals surface area contributed by atoms with Gasteiger partial charge in [-0.3, -0.25) is 9.59 Å². The highest BCUT2D eigenvalue weighted by Crippen LogP contribution is 2.30. The van der Waals surface area contributed by atoms with Gasteiger partial charge in [0.2, 0.25) is 5.91 Å². The van der Waals surface area contributed by atoms with Crippen molar-refractivity contribution in [3.05, 3.63) is 41.5 Å². The number of nitrogens with zero attached hydrogens (tertiary/aromatic N) is 3. The van der Waals surface area contributed by atoms with Gasteiger partial charge < -0.3 is 14.7 Å². The predicted molar refractivity (Wildman–Crippen MR) is 108 cm³/mol. The van der Waals surface area contributed by atoms with Crippen LogP contribution >= 0.6 is 0 Å². The number of amides is 1. The number of likely N-dealkylation sites (N-methyl/N-ethyl adjacent to an activating group) is 1. The lowest BCUT2D eigenvalue weighted by Crippen LogP contribution is -2.49. The third kappa shape index (κ3) is 3.44. The Bertz CT molecular complexity index is 871. The Morgan fingerprint density at radius 2 is 1.81 bits per heavy atom. The number of rotatable bonds is 3. The fourth-order valence-corrected chi connectivity index (χ4v) is 4.27. The van der Waals surface area contributed by atoms with E-state index in [-0.39, 0.29) is 5.92 Å². The van der Waals surface area contributed by atoms with Gasteiger partial charge in [-0.25, -0.2) is 0 Å². The number of aryl methyl sites for hydroxylation is 1. The van der Waals surface area contributed by atoms with E-state index in [1.807, 2.05) is 17.9 Å². The van der Waals surface area contributed by atoms with Crippen molar-refractivity contribution < 1.29 is 9.59 Å². The second-order valence-electron chi connectivity index (χ2n) is 7.88. The smallest absolute Gasteiger partial charge is 0.227 e. The zero-order valence-electron chi connectivity index (χ0n) is 16.1. The molecule has 1 amide bonds. The van der Waals surface area contributed by atoms with Crippen molar-refractivity contribution in [3.63, 3.8) is 0 Å². The molecule has 142 valence electrons.